The fourth-order valence-electron chi connectivity index (χ4n) is 5.56. The molecule has 0 unspecified atom stereocenters. The zero-order valence-electron chi connectivity index (χ0n) is 23.5. The molecule has 42 heavy (non-hydrogen) atoms. The molecule has 1 aliphatic heterocycles. The molecule has 1 amide bonds. The van der Waals surface area contributed by atoms with Crippen molar-refractivity contribution in [3.8, 4) is 11.5 Å². The van der Waals surface area contributed by atoms with E-state index in [4.69, 9.17) is 14.2 Å². The van der Waals surface area contributed by atoms with Crippen LogP contribution in [0.1, 0.15) is 37.4 Å². The minimum absolute atomic E-state index is 0.0124. The standard InChI is InChI=1S/C32H28N2O7S/c1-19-5-7-20(8-6-19)17-33-18-21-15-26(32(36)41-4)30-29(28(21)31(33)35)25-16-23(40-3)11-14-27(25)34(30)42(37,38)24-12-9-22(39-2)10-13-24/h5-16H,17-18H2,1-4H3. The molecule has 0 N–H and O–H groups in total. The van der Waals surface area contributed by atoms with Crippen molar-refractivity contribution in [1.29, 1.82) is 0 Å². The van der Waals surface area contributed by atoms with Gasteiger partial charge in [0.25, 0.3) is 15.9 Å². The molecule has 0 saturated carbocycles. The lowest BCUT2D eigenvalue weighted by atomic mass is 9.98. The normalized spacial score (nSPS) is 13.0. The predicted molar refractivity (Wildman–Crippen MR) is 158 cm³/mol. The summed E-state index contributed by atoms with van der Waals surface area (Å²) in [7, 11) is -0.0314. The topological polar surface area (TPSA) is 104 Å². The van der Waals surface area contributed by atoms with Gasteiger partial charge in [-0.25, -0.2) is 17.2 Å². The molecule has 0 saturated heterocycles. The minimum Gasteiger partial charge on any atom is -0.497 e. The highest BCUT2D eigenvalue weighted by atomic mass is 32.2. The van der Waals surface area contributed by atoms with Crippen molar-refractivity contribution in [2.75, 3.05) is 21.3 Å². The molecule has 0 aliphatic carbocycles. The van der Waals surface area contributed by atoms with Crippen LogP contribution in [-0.4, -0.2) is 50.5 Å². The van der Waals surface area contributed by atoms with Gasteiger partial charge in [-0.05, 0) is 66.6 Å². The number of carbonyl (C=O) groups is 2. The number of aromatic nitrogens is 1. The van der Waals surface area contributed by atoms with E-state index in [9.17, 15) is 18.0 Å². The smallest absolute Gasteiger partial charge is 0.340 e. The van der Waals surface area contributed by atoms with Gasteiger partial charge in [0.15, 0.2) is 0 Å². The van der Waals surface area contributed by atoms with E-state index >= 15 is 0 Å². The summed E-state index contributed by atoms with van der Waals surface area (Å²) in [5.41, 5.74) is 3.45. The molecule has 0 spiro atoms. The summed E-state index contributed by atoms with van der Waals surface area (Å²) in [6, 6.07) is 20.4. The number of hydrogen-bond acceptors (Lipinski definition) is 7. The Labute approximate surface area is 242 Å². The number of rotatable bonds is 7. The lowest BCUT2D eigenvalue weighted by Crippen LogP contribution is -2.23. The van der Waals surface area contributed by atoms with Gasteiger partial charge >= 0.3 is 5.97 Å². The average molecular weight is 585 g/mol. The van der Waals surface area contributed by atoms with E-state index in [0.717, 1.165) is 15.1 Å². The Morgan fingerprint density at radius 1 is 0.881 bits per heavy atom. The van der Waals surface area contributed by atoms with Crippen molar-refractivity contribution < 1.29 is 32.2 Å². The first-order valence-corrected chi connectivity index (χ1v) is 14.6. The molecule has 0 bridgehead atoms. The largest absolute Gasteiger partial charge is 0.497 e. The molecule has 214 valence electrons. The fourth-order valence-corrected chi connectivity index (χ4v) is 7.09. The predicted octanol–water partition coefficient (Wildman–Crippen LogP) is 5.30. The summed E-state index contributed by atoms with van der Waals surface area (Å²) in [5, 5.41) is 0.823. The van der Waals surface area contributed by atoms with Gasteiger partial charge in [0.2, 0.25) is 0 Å². The van der Waals surface area contributed by atoms with Crippen molar-refractivity contribution in [3.05, 3.63) is 101 Å². The summed E-state index contributed by atoms with van der Waals surface area (Å²) in [5.74, 6) is -0.000270. The van der Waals surface area contributed by atoms with E-state index in [2.05, 4.69) is 0 Å². The Balaban J connectivity index is 1.66. The summed E-state index contributed by atoms with van der Waals surface area (Å²) >= 11 is 0. The number of amides is 1. The van der Waals surface area contributed by atoms with E-state index in [0.29, 0.717) is 45.5 Å². The second kappa shape index (κ2) is 10.2. The van der Waals surface area contributed by atoms with Gasteiger partial charge in [0, 0.05) is 23.9 Å². The molecule has 0 atom stereocenters. The highest BCUT2D eigenvalue weighted by Crippen LogP contribution is 2.42. The van der Waals surface area contributed by atoms with Gasteiger partial charge in [-0.1, -0.05) is 29.8 Å². The van der Waals surface area contributed by atoms with Crippen molar-refractivity contribution in [2.24, 2.45) is 0 Å². The Morgan fingerprint density at radius 3 is 2.19 bits per heavy atom. The lowest BCUT2D eigenvalue weighted by Gasteiger charge is -2.15. The fraction of sp³-hybridized carbons (Fsp3) is 0.188. The quantitative estimate of drug-likeness (QED) is 0.239. The summed E-state index contributed by atoms with van der Waals surface area (Å²) < 4.78 is 45.5. The number of ether oxygens (including phenoxy) is 3. The molecule has 2 heterocycles. The molecule has 6 rings (SSSR count). The molecule has 9 nitrogen and oxygen atoms in total. The van der Waals surface area contributed by atoms with Crippen molar-refractivity contribution in [1.82, 2.24) is 8.87 Å². The monoisotopic (exact) mass is 584 g/mol. The maximum atomic E-state index is 14.3. The molecule has 4 aromatic carbocycles. The van der Waals surface area contributed by atoms with Gasteiger partial charge in [0.1, 0.15) is 11.5 Å². The maximum absolute atomic E-state index is 14.3. The zero-order chi connectivity index (χ0) is 29.8. The average Bonchev–Trinajstić information content (AvgIpc) is 3.51. The van der Waals surface area contributed by atoms with Gasteiger partial charge in [-0.2, -0.15) is 0 Å². The molecular formula is C32H28N2O7S. The van der Waals surface area contributed by atoms with Crippen LogP contribution in [-0.2, 0) is 27.8 Å². The van der Waals surface area contributed by atoms with Gasteiger partial charge in [-0.15, -0.1) is 0 Å². The van der Waals surface area contributed by atoms with Crippen molar-refractivity contribution in [2.45, 2.75) is 24.9 Å². The number of esters is 1. The molecule has 0 fully saturated rings. The Kier molecular flexibility index (Phi) is 6.65. The van der Waals surface area contributed by atoms with E-state index in [1.165, 1.54) is 33.5 Å². The third-order valence-corrected chi connectivity index (χ3v) is 9.36. The van der Waals surface area contributed by atoms with Gasteiger partial charge in [0.05, 0.1) is 48.4 Å². The van der Waals surface area contributed by atoms with Crippen LogP contribution in [0.3, 0.4) is 0 Å². The zero-order valence-corrected chi connectivity index (χ0v) is 24.3. The van der Waals surface area contributed by atoms with Crippen LogP contribution in [0.2, 0.25) is 0 Å². The van der Waals surface area contributed by atoms with E-state index < -0.39 is 16.0 Å². The Morgan fingerprint density at radius 2 is 1.55 bits per heavy atom. The van der Waals surface area contributed by atoms with Crippen LogP contribution in [0.15, 0.2) is 77.7 Å². The van der Waals surface area contributed by atoms with Crippen molar-refractivity contribution >= 4 is 43.7 Å². The molecule has 0 radical (unpaired) electrons. The third kappa shape index (κ3) is 4.26. The van der Waals surface area contributed by atoms with E-state index in [1.807, 2.05) is 31.2 Å². The number of hydrogen-bond donors (Lipinski definition) is 0. The molecule has 1 aliphatic rings. The van der Waals surface area contributed by atoms with Crippen LogP contribution in [0.4, 0.5) is 0 Å². The number of nitrogens with zero attached hydrogens (tertiary/aromatic N) is 2. The second-order valence-corrected chi connectivity index (χ2v) is 11.9. The van der Waals surface area contributed by atoms with Crippen LogP contribution in [0, 0.1) is 6.92 Å². The summed E-state index contributed by atoms with van der Waals surface area (Å²) in [6.07, 6.45) is 0. The first-order chi connectivity index (χ1) is 20.2. The van der Waals surface area contributed by atoms with E-state index in [1.54, 1.807) is 41.3 Å². The van der Waals surface area contributed by atoms with Gasteiger partial charge < -0.3 is 19.1 Å². The number of methoxy groups -OCH3 is 3. The summed E-state index contributed by atoms with van der Waals surface area (Å²) in [4.78, 5) is 29.0. The van der Waals surface area contributed by atoms with Crippen LogP contribution >= 0.6 is 0 Å². The summed E-state index contributed by atoms with van der Waals surface area (Å²) in [6.45, 7) is 2.61. The minimum atomic E-state index is -4.27. The maximum Gasteiger partial charge on any atom is 0.340 e. The van der Waals surface area contributed by atoms with Crippen LogP contribution < -0.4 is 9.47 Å². The molecule has 5 aromatic rings. The third-order valence-electron chi connectivity index (χ3n) is 7.64. The first kappa shape index (κ1) is 27.3. The highest BCUT2D eigenvalue weighted by molar-refractivity contribution is 7.90. The van der Waals surface area contributed by atoms with Crippen LogP contribution in [0.25, 0.3) is 21.8 Å². The Hall–Kier alpha value is -4.83. The number of benzene rings is 4. The molecule has 1 aromatic heterocycles. The Bertz CT molecular complexity index is 1990. The number of fused-ring (bicyclic) bond motifs is 5. The highest BCUT2D eigenvalue weighted by Gasteiger charge is 2.36. The second-order valence-electron chi connectivity index (χ2n) is 10.1. The van der Waals surface area contributed by atoms with Crippen LogP contribution in [0.5, 0.6) is 11.5 Å². The lowest BCUT2D eigenvalue weighted by molar-refractivity contribution is 0.0602. The van der Waals surface area contributed by atoms with Crippen molar-refractivity contribution in [3.63, 3.8) is 0 Å². The number of aryl methyl sites for hydroxylation is 1. The van der Waals surface area contributed by atoms with Gasteiger partial charge in [-0.3, -0.25) is 4.79 Å². The molecular weight excluding hydrogens is 556 g/mol. The SMILES string of the molecule is COC(=O)c1cc2c(c3c4cc(OC)ccc4n(S(=O)(=O)c4ccc(OC)cc4)c13)C(=O)N(Cc1ccc(C)cc1)C2. The molecule has 10 heteroatoms. The van der Waals surface area contributed by atoms with E-state index in [-0.39, 0.29) is 28.4 Å². The first-order valence-electron chi connectivity index (χ1n) is 13.2. The number of carbonyl (C=O) groups excluding carboxylic acids is 2.